The van der Waals surface area contributed by atoms with Gasteiger partial charge in [-0.05, 0) is 31.4 Å². The zero-order chi connectivity index (χ0) is 17.2. The van der Waals surface area contributed by atoms with Gasteiger partial charge in [-0.1, -0.05) is 32.0 Å². The Hall–Kier alpha value is -0.890. The highest BCUT2D eigenvalue weighted by Gasteiger charge is 2.59. The lowest BCUT2D eigenvalue weighted by Gasteiger charge is -2.54. The zero-order valence-corrected chi connectivity index (χ0v) is 17.5. The summed E-state index contributed by atoms with van der Waals surface area (Å²) in [5.74, 6) is 1.23. The smallest absolute Gasteiger partial charge is 0.191 e. The molecule has 3 rings (SSSR count). The highest BCUT2D eigenvalue weighted by molar-refractivity contribution is 14.0. The van der Waals surface area contributed by atoms with Crippen LogP contribution in [0.25, 0.3) is 0 Å². The van der Waals surface area contributed by atoms with Crippen molar-refractivity contribution < 1.29 is 9.13 Å². The van der Waals surface area contributed by atoms with Gasteiger partial charge in [0.2, 0.25) is 0 Å². The van der Waals surface area contributed by atoms with Crippen molar-refractivity contribution in [3.05, 3.63) is 35.6 Å². The van der Waals surface area contributed by atoms with Crippen molar-refractivity contribution in [3.8, 4) is 0 Å². The molecule has 0 spiro atoms. The number of aliphatic imine (C=N–C) groups is 1. The van der Waals surface area contributed by atoms with E-state index < -0.39 is 0 Å². The van der Waals surface area contributed by atoms with E-state index in [1.165, 1.54) is 6.07 Å². The zero-order valence-electron chi connectivity index (χ0n) is 15.2. The number of nitrogens with zero attached hydrogens (tertiary/aromatic N) is 1. The van der Waals surface area contributed by atoms with Crippen LogP contribution in [0.15, 0.2) is 29.3 Å². The van der Waals surface area contributed by atoms with Gasteiger partial charge in [0, 0.05) is 37.1 Å². The highest BCUT2D eigenvalue weighted by atomic mass is 127. The lowest BCUT2D eigenvalue weighted by molar-refractivity contribution is -0.106. The van der Waals surface area contributed by atoms with Gasteiger partial charge in [0.1, 0.15) is 5.82 Å². The predicted octanol–water partition coefficient (Wildman–Crippen LogP) is 3.35. The fraction of sp³-hybridized carbons (Fsp3) is 0.632. The number of fused-ring (bicyclic) bond motifs is 1. The minimum Gasteiger partial charge on any atom is -0.377 e. The van der Waals surface area contributed by atoms with E-state index in [2.05, 4.69) is 36.4 Å². The molecule has 2 aliphatic rings. The average molecular weight is 461 g/mol. The second-order valence-corrected chi connectivity index (χ2v) is 7.29. The van der Waals surface area contributed by atoms with Crippen LogP contribution in [0.4, 0.5) is 4.39 Å². The summed E-state index contributed by atoms with van der Waals surface area (Å²) in [5, 5.41) is 6.89. The molecule has 25 heavy (non-hydrogen) atoms. The largest absolute Gasteiger partial charge is 0.377 e. The Morgan fingerprint density at radius 2 is 2.12 bits per heavy atom. The first-order chi connectivity index (χ1) is 11.5. The van der Waals surface area contributed by atoms with E-state index in [9.17, 15) is 4.39 Å². The summed E-state index contributed by atoms with van der Waals surface area (Å²) in [5.41, 5.74) is 0.827. The van der Waals surface area contributed by atoms with Crippen LogP contribution in [0.2, 0.25) is 0 Å². The van der Waals surface area contributed by atoms with Crippen LogP contribution in [0.5, 0.6) is 0 Å². The van der Waals surface area contributed by atoms with Gasteiger partial charge in [0.25, 0.3) is 0 Å². The molecule has 2 fully saturated rings. The number of rotatable bonds is 5. The Kier molecular flexibility index (Phi) is 7.08. The number of halogens is 2. The van der Waals surface area contributed by atoms with Crippen LogP contribution < -0.4 is 10.6 Å². The number of hydrogen-bond acceptors (Lipinski definition) is 2. The van der Waals surface area contributed by atoms with E-state index in [1.807, 2.05) is 12.1 Å². The van der Waals surface area contributed by atoms with Crippen LogP contribution in [-0.2, 0) is 11.2 Å². The molecule has 0 aromatic heterocycles. The van der Waals surface area contributed by atoms with E-state index in [1.54, 1.807) is 6.07 Å². The Morgan fingerprint density at radius 1 is 1.36 bits per heavy atom. The quantitative estimate of drug-likeness (QED) is 0.402. The molecule has 0 amide bonds. The van der Waals surface area contributed by atoms with E-state index in [0.29, 0.717) is 36.6 Å². The average Bonchev–Trinajstić information content (AvgIpc) is 3.01. The monoisotopic (exact) mass is 461 g/mol. The van der Waals surface area contributed by atoms with Crippen molar-refractivity contribution in [3.63, 3.8) is 0 Å². The van der Waals surface area contributed by atoms with E-state index in [0.717, 1.165) is 25.5 Å². The molecule has 1 aliphatic carbocycles. The molecular formula is C19H29FIN3O. The molecule has 3 atom stereocenters. The Labute approximate surface area is 167 Å². The van der Waals surface area contributed by atoms with E-state index >= 15 is 0 Å². The summed E-state index contributed by atoms with van der Waals surface area (Å²) in [6.45, 7) is 8.79. The molecule has 4 nitrogen and oxygen atoms in total. The third kappa shape index (κ3) is 4.27. The van der Waals surface area contributed by atoms with Crippen molar-refractivity contribution in [2.75, 3.05) is 19.7 Å². The minimum atomic E-state index is -0.156. The van der Waals surface area contributed by atoms with Crippen LogP contribution in [0, 0.1) is 17.2 Å². The number of guanidine groups is 1. The second-order valence-electron chi connectivity index (χ2n) is 7.29. The Balaban J connectivity index is 0.00000225. The van der Waals surface area contributed by atoms with E-state index in [-0.39, 0.29) is 35.2 Å². The molecule has 1 saturated heterocycles. The van der Waals surface area contributed by atoms with Crippen LogP contribution in [-0.4, -0.2) is 37.8 Å². The topological polar surface area (TPSA) is 45.7 Å². The lowest BCUT2D eigenvalue weighted by Crippen LogP contribution is -2.68. The van der Waals surface area contributed by atoms with Crippen LogP contribution in [0.3, 0.4) is 0 Å². The van der Waals surface area contributed by atoms with Crippen molar-refractivity contribution in [1.82, 2.24) is 10.6 Å². The highest BCUT2D eigenvalue weighted by Crippen LogP contribution is 2.52. The summed E-state index contributed by atoms with van der Waals surface area (Å²) in [4.78, 5) is 4.64. The van der Waals surface area contributed by atoms with Gasteiger partial charge in [-0.2, -0.15) is 0 Å². The fourth-order valence-electron chi connectivity index (χ4n) is 4.07. The summed E-state index contributed by atoms with van der Waals surface area (Å²) in [6.07, 6.45) is 2.07. The maximum absolute atomic E-state index is 13.7. The van der Waals surface area contributed by atoms with Gasteiger partial charge in [-0.3, -0.25) is 4.99 Å². The van der Waals surface area contributed by atoms with Crippen molar-refractivity contribution >= 4 is 29.9 Å². The Bertz CT molecular complexity index is 608. The molecule has 140 valence electrons. The Morgan fingerprint density at radius 3 is 2.84 bits per heavy atom. The molecule has 1 heterocycles. The maximum Gasteiger partial charge on any atom is 0.191 e. The van der Waals surface area contributed by atoms with E-state index in [4.69, 9.17) is 4.74 Å². The van der Waals surface area contributed by atoms with Crippen LogP contribution >= 0.6 is 24.0 Å². The molecule has 0 radical (unpaired) electrons. The molecule has 1 aromatic carbocycles. The third-order valence-corrected chi connectivity index (χ3v) is 5.35. The molecule has 1 aromatic rings. The standard InChI is InChI=1S/C19H28FN3O.HI/c1-4-21-18(22-11-9-13-7-5-6-8-15(13)20)23-16-14-10-12-24-17(14)19(16,2)3;/h5-8,14,16-17H,4,9-12H2,1-3H3,(H2,21,22,23);1H. The fourth-order valence-corrected chi connectivity index (χ4v) is 4.07. The van der Waals surface area contributed by atoms with Crippen LogP contribution in [0.1, 0.15) is 32.8 Å². The van der Waals surface area contributed by atoms with Crippen molar-refractivity contribution in [2.24, 2.45) is 16.3 Å². The normalized spacial score (nSPS) is 27.0. The number of nitrogens with one attached hydrogen (secondary N) is 2. The summed E-state index contributed by atoms with van der Waals surface area (Å²) < 4.78 is 19.5. The summed E-state index contributed by atoms with van der Waals surface area (Å²) in [7, 11) is 0. The van der Waals surface area contributed by atoms with Crippen molar-refractivity contribution in [1.29, 1.82) is 0 Å². The van der Waals surface area contributed by atoms with Crippen molar-refractivity contribution in [2.45, 2.75) is 45.8 Å². The SMILES string of the molecule is CCNC(=NCCc1ccccc1F)NC1C2CCOC2C1(C)C.I. The van der Waals surface area contributed by atoms with Gasteiger partial charge in [-0.25, -0.2) is 4.39 Å². The lowest BCUT2D eigenvalue weighted by atomic mass is 9.57. The summed E-state index contributed by atoms with van der Waals surface area (Å²) in [6, 6.07) is 7.27. The van der Waals surface area contributed by atoms with Gasteiger partial charge in [0.05, 0.1) is 6.10 Å². The molecular weight excluding hydrogens is 432 g/mol. The first-order valence-corrected chi connectivity index (χ1v) is 8.94. The van der Waals surface area contributed by atoms with Gasteiger partial charge >= 0.3 is 0 Å². The van der Waals surface area contributed by atoms with Gasteiger partial charge in [0.15, 0.2) is 5.96 Å². The molecule has 1 aliphatic heterocycles. The maximum atomic E-state index is 13.7. The second kappa shape index (κ2) is 8.66. The first-order valence-electron chi connectivity index (χ1n) is 8.94. The van der Waals surface area contributed by atoms with Gasteiger partial charge in [-0.15, -0.1) is 24.0 Å². The first kappa shape index (κ1) is 20.4. The number of ether oxygens (including phenoxy) is 1. The number of hydrogen-bond donors (Lipinski definition) is 2. The molecule has 0 bridgehead atoms. The summed E-state index contributed by atoms with van der Waals surface area (Å²) >= 11 is 0. The third-order valence-electron chi connectivity index (χ3n) is 5.35. The molecule has 2 N–H and O–H groups in total. The predicted molar refractivity (Wildman–Crippen MR) is 110 cm³/mol. The molecule has 1 saturated carbocycles. The number of benzene rings is 1. The van der Waals surface area contributed by atoms with Gasteiger partial charge < -0.3 is 15.4 Å². The molecule has 6 heteroatoms. The minimum absolute atomic E-state index is 0. The molecule has 3 unspecified atom stereocenters.